The molecule has 1 saturated heterocycles. The van der Waals surface area contributed by atoms with Crippen LogP contribution in [-0.2, 0) is 10.0 Å². The van der Waals surface area contributed by atoms with Gasteiger partial charge in [-0.25, -0.2) is 8.42 Å². The van der Waals surface area contributed by atoms with Crippen molar-refractivity contribution < 1.29 is 27.4 Å². The minimum Gasteiger partial charge on any atom is -0.490 e. The van der Waals surface area contributed by atoms with Crippen molar-refractivity contribution in [2.45, 2.75) is 58.8 Å². The molecule has 0 atom stereocenters. The molecule has 2 heterocycles. The Morgan fingerprint density at radius 1 is 0.939 bits per heavy atom. The van der Waals surface area contributed by atoms with E-state index in [-0.39, 0.29) is 16.2 Å². The topological polar surface area (TPSA) is 100.0 Å². The third-order valence-corrected chi connectivity index (χ3v) is 7.64. The number of rotatable bonds is 9. The molecule has 2 aromatic rings. The molecule has 0 aliphatic carbocycles. The lowest BCUT2D eigenvalue weighted by molar-refractivity contribution is 0.0941. The lowest BCUT2D eigenvalue weighted by Crippen LogP contribution is -2.36. The Morgan fingerprint density at radius 3 is 2.00 bits per heavy atom. The third kappa shape index (κ3) is 5.01. The van der Waals surface area contributed by atoms with Gasteiger partial charge in [-0.15, -0.1) is 0 Å². The maximum atomic E-state index is 13.5. The molecule has 0 unspecified atom stereocenters. The normalized spacial score (nSPS) is 14.8. The van der Waals surface area contributed by atoms with Crippen LogP contribution < -0.4 is 14.2 Å². The zero-order chi connectivity index (χ0) is 24.2. The van der Waals surface area contributed by atoms with Crippen molar-refractivity contribution in [2.75, 3.05) is 32.9 Å². The van der Waals surface area contributed by atoms with Gasteiger partial charge in [0.15, 0.2) is 11.5 Å². The number of aryl methyl sites for hydroxylation is 1. The fourth-order valence-electron chi connectivity index (χ4n) is 4.07. The van der Waals surface area contributed by atoms with E-state index in [1.807, 2.05) is 20.8 Å². The van der Waals surface area contributed by atoms with Crippen LogP contribution in [0.15, 0.2) is 17.0 Å². The summed E-state index contributed by atoms with van der Waals surface area (Å²) in [4.78, 5) is 13.6. The number of piperidine rings is 1. The molecule has 1 aliphatic heterocycles. The maximum absolute atomic E-state index is 13.5. The van der Waals surface area contributed by atoms with Crippen LogP contribution in [0.2, 0.25) is 0 Å². The Balaban J connectivity index is 2.06. The van der Waals surface area contributed by atoms with E-state index >= 15 is 0 Å². The first-order valence-electron chi connectivity index (χ1n) is 11.4. The zero-order valence-electron chi connectivity index (χ0n) is 20.0. The predicted molar refractivity (Wildman–Crippen MR) is 124 cm³/mol. The van der Waals surface area contributed by atoms with E-state index in [0.29, 0.717) is 55.9 Å². The van der Waals surface area contributed by atoms with Crippen LogP contribution in [0, 0.1) is 13.8 Å². The second-order valence-corrected chi connectivity index (χ2v) is 9.66. The number of nitrogens with zero attached hydrogens (tertiary/aromatic N) is 3. The minimum atomic E-state index is -3.74. The van der Waals surface area contributed by atoms with E-state index < -0.39 is 15.9 Å². The van der Waals surface area contributed by atoms with Crippen molar-refractivity contribution in [1.29, 1.82) is 0 Å². The second-order valence-electron chi connectivity index (χ2n) is 7.78. The molecule has 9 nitrogen and oxygen atoms in total. The van der Waals surface area contributed by atoms with Gasteiger partial charge in [-0.2, -0.15) is 14.1 Å². The van der Waals surface area contributed by atoms with Crippen LogP contribution in [0.3, 0.4) is 0 Å². The third-order valence-electron chi connectivity index (χ3n) is 5.49. The van der Waals surface area contributed by atoms with Crippen LogP contribution >= 0.6 is 0 Å². The lowest BCUT2D eigenvalue weighted by Gasteiger charge is -2.25. The van der Waals surface area contributed by atoms with Gasteiger partial charge in [-0.05, 0) is 59.6 Å². The molecule has 10 heteroatoms. The Kier molecular flexibility index (Phi) is 8.01. The summed E-state index contributed by atoms with van der Waals surface area (Å²) >= 11 is 0. The highest BCUT2D eigenvalue weighted by molar-refractivity contribution is 7.89. The maximum Gasteiger partial charge on any atom is 0.278 e. The van der Waals surface area contributed by atoms with Gasteiger partial charge in [0.25, 0.3) is 5.91 Å². The van der Waals surface area contributed by atoms with E-state index in [9.17, 15) is 13.2 Å². The van der Waals surface area contributed by atoms with E-state index in [2.05, 4.69) is 5.10 Å². The molecule has 33 heavy (non-hydrogen) atoms. The molecule has 0 amide bonds. The average molecular weight is 480 g/mol. The number of carbonyl (C=O) groups excluding carboxylic acids is 1. The Bertz CT molecular complexity index is 1080. The van der Waals surface area contributed by atoms with E-state index in [1.54, 1.807) is 26.0 Å². The highest BCUT2D eigenvalue weighted by Gasteiger charge is 2.33. The fraction of sp³-hybridized carbons (Fsp3) is 0.565. The van der Waals surface area contributed by atoms with Gasteiger partial charge in [-0.1, -0.05) is 6.42 Å². The lowest BCUT2D eigenvalue weighted by atomic mass is 10.1. The van der Waals surface area contributed by atoms with Gasteiger partial charge in [0.2, 0.25) is 15.8 Å². The summed E-state index contributed by atoms with van der Waals surface area (Å²) in [6.07, 6.45) is 2.68. The second kappa shape index (κ2) is 10.6. The molecular weight excluding hydrogens is 446 g/mol. The average Bonchev–Trinajstić information content (AvgIpc) is 3.10. The number of benzene rings is 1. The predicted octanol–water partition coefficient (Wildman–Crippen LogP) is 3.56. The van der Waals surface area contributed by atoms with Crippen molar-refractivity contribution in [3.63, 3.8) is 0 Å². The Hall–Kier alpha value is -2.59. The summed E-state index contributed by atoms with van der Waals surface area (Å²) in [5, 5.41) is 4.31. The largest absolute Gasteiger partial charge is 0.490 e. The number of aromatic nitrogens is 2. The van der Waals surface area contributed by atoms with Crippen LogP contribution in [0.4, 0.5) is 0 Å². The Labute approximate surface area is 195 Å². The number of hydrogen-bond acceptors (Lipinski definition) is 7. The summed E-state index contributed by atoms with van der Waals surface area (Å²) in [5.41, 5.74) is 0.846. The van der Waals surface area contributed by atoms with Crippen LogP contribution in [-0.4, -0.2) is 61.3 Å². The summed E-state index contributed by atoms with van der Waals surface area (Å²) in [5.74, 6) is 0.729. The highest BCUT2D eigenvalue weighted by Crippen LogP contribution is 2.39. The van der Waals surface area contributed by atoms with Gasteiger partial charge >= 0.3 is 0 Å². The van der Waals surface area contributed by atoms with Crippen LogP contribution in [0.1, 0.15) is 61.8 Å². The first kappa shape index (κ1) is 25.0. The summed E-state index contributed by atoms with van der Waals surface area (Å²) in [6.45, 7) is 10.9. The molecule has 0 saturated carbocycles. The first-order valence-corrected chi connectivity index (χ1v) is 12.9. The summed E-state index contributed by atoms with van der Waals surface area (Å²) in [7, 11) is -3.74. The quantitative estimate of drug-likeness (QED) is 0.542. The molecular formula is C23H33N3O6S. The monoisotopic (exact) mass is 479 g/mol. The molecule has 0 radical (unpaired) electrons. The van der Waals surface area contributed by atoms with Crippen LogP contribution in [0.25, 0.3) is 0 Å². The number of sulfonamides is 1. The van der Waals surface area contributed by atoms with Crippen molar-refractivity contribution in [2.24, 2.45) is 0 Å². The number of ether oxygens (including phenoxy) is 3. The molecule has 3 rings (SSSR count). The van der Waals surface area contributed by atoms with Crippen molar-refractivity contribution in [1.82, 2.24) is 14.1 Å². The van der Waals surface area contributed by atoms with E-state index in [0.717, 1.165) is 23.9 Å². The number of hydrogen-bond donors (Lipinski definition) is 0. The van der Waals surface area contributed by atoms with Crippen molar-refractivity contribution >= 4 is 15.9 Å². The summed E-state index contributed by atoms with van der Waals surface area (Å²) < 4.78 is 46.4. The van der Waals surface area contributed by atoms with Gasteiger partial charge in [0.1, 0.15) is 4.90 Å². The van der Waals surface area contributed by atoms with Crippen molar-refractivity contribution in [3.8, 4) is 17.2 Å². The Morgan fingerprint density at radius 2 is 1.48 bits per heavy atom. The SMILES string of the molecule is CCOc1cc(C(=O)n2nc(C)c(S(=O)(=O)N3CCCCC3)c2C)cc(OCC)c1OCC. The first-order chi connectivity index (χ1) is 15.8. The van der Waals surface area contributed by atoms with E-state index in [4.69, 9.17) is 14.2 Å². The van der Waals surface area contributed by atoms with Gasteiger partial charge < -0.3 is 14.2 Å². The summed E-state index contributed by atoms with van der Waals surface area (Å²) in [6, 6.07) is 3.16. The smallest absolute Gasteiger partial charge is 0.278 e. The number of carbonyl (C=O) groups is 1. The molecule has 182 valence electrons. The van der Waals surface area contributed by atoms with Gasteiger partial charge in [-0.3, -0.25) is 4.79 Å². The fourth-order valence-corrected chi connectivity index (χ4v) is 5.94. The molecule has 1 fully saturated rings. The van der Waals surface area contributed by atoms with Crippen LogP contribution in [0.5, 0.6) is 17.2 Å². The minimum absolute atomic E-state index is 0.0961. The highest BCUT2D eigenvalue weighted by atomic mass is 32.2. The molecule has 1 aromatic carbocycles. The van der Waals surface area contributed by atoms with Gasteiger partial charge in [0.05, 0.1) is 31.2 Å². The molecule has 1 aromatic heterocycles. The molecule has 1 aliphatic rings. The zero-order valence-corrected chi connectivity index (χ0v) is 20.8. The van der Waals surface area contributed by atoms with Crippen molar-refractivity contribution in [3.05, 3.63) is 29.1 Å². The standard InChI is InChI=1S/C23H33N3O6S/c1-6-30-19-14-18(15-20(31-7-2)21(19)32-8-3)23(27)26-17(5)22(16(4)24-26)33(28,29)25-12-10-9-11-13-25/h14-15H,6-13H2,1-5H3. The van der Waals surface area contributed by atoms with Gasteiger partial charge in [0, 0.05) is 18.7 Å². The molecule has 0 bridgehead atoms. The molecule has 0 N–H and O–H groups in total. The van der Waals surface area contributed by atoms with E-state index in [1.165, 1.54) is 4.31 Å². The molecule has 0 spiro atoms.